The Kier molecular flexibility index (Phi) is 8.03. The van der Waals surface area contributed by atoms with E-state index in [2.05, 4.69) is 0 Å². The van der Waals surface area contributed by atoms with E-state index in [0.29, 0.717) is 0 Å². The zero-order valence-corrected chi connectivity index (χ0v) is 21.4. The largest absolute Gasteiger partial charge is 0.507 e. The Hall–Kier alpha value is -3.55. The second-order valence-electron chi connectivity index (χ2n) is 9.89. The quantitative estimate of drug-likeness (QED) is 0.104. The van der Waals surface area contributed by atoms with Crippen molar-refractivity contribution in [3.05, 3.63) is 46.6 Å². The van der Waals surface area contributed by atoms with Crippen LogP contribution in [-0.2, 0) is 14.2 Å². The summed E-state index contributed by atoms with van der Waals surface area (Å²) in [6.07, 6.45) is -14.0. The van der Waals surface area contributed by atoms with Crippen molar-refractivity contribution in [1.82, 2.24) is 0 Å². The normalized spacial score (nSPS) is 33.5. The van der Waals surface area contributed by atoms with Crippen LogP contribution >= 0.6 is 0 Å². The first kappa shape index (κ1) is 29.9. The number of rotatable bonds is 6. The summed E-state index contributed by atoms with van der Waals surface area (Å²) in [6.45, 7) is -1.07. The monoisotopic (exact) mass is 596 g/mol. The number of phenolic OH excluding ortho intramolecular Hbond substituents is 3. The van der Waals surface area contributed by atoms with Gasteiger partial charge in [-0.2, -0.15) is 0 Å². The molecule has 0 radical (unpaired) electrons. The Morgan fingerprint density at radius 1 is 0.857 bits per heavy atom. The van der Waals surface area contributed by atoms with Crippen LogP contribution in [0.2, 0.25) is 0 Å². The van der Waals surface area contributed by atoms with Gasteiger partial charge in [-0.25, -0.2) is 0 Å². The highest BCUT2D eigenvalue weighted by atomic mass is 16.8. The van der Waals surface area contributed by atoms with Crippen molar-refractivity contribution in [2.24, 2.45) is 0 Å². The first-order chi connectivity index (χ1) is 19.8. The van der Waals surface area contributed by atoms with Gasteiger partial charge in [-0.05, 0) is 18.2 Å². The topological polar surface area (TPSA) is 269 Å². The number of hydrogen-bond donors (Lipinski definition) is 10. The molecule has 2 fully saturated rings. The molecule has 0 amide bonds. The number of ether oxygens (including phenoxy) is 4. The van der Waals surface area contributed by atoms with Crippen LogP contribution in [0, 0.1) is 0 Å². The molecule has 5 rings (SSSR count). The van der Waals surface area contributed by atoms with Crippen LogP contribution in [0.15, 0.2) is 45.6 Å². The van der Waals surface area contributed by atoms with E-state index in [1.807, 2.05) is 0 Å². The molecule has 2 aromatic carbocycles. The van der Waals surface area contributed by atoms with Crippen molar-refractivity contribution >= 4 is 11.0 Å². The molecule has 2 aliphatic rings. The molecule has 0 unspecified atom stereocenters. The van der Waals surface area contributed by atoms with Gasteiger partial charge in [-0.3, -0.25) is 4.79 Å². The molecular formula is C26H28O16. The lowest BCUT2D eigenvalue weighted by molar-refractivity contribution is -0.425. The zero-order valence-electron chi connectivity index (χ0n) is 21.4. The van der Waals surface area contributed by atoms with Crippen LogP contribution in [-0.4, -0.2) is 119 Å². The number of phenols is 3. The maximum absolute atomic E-state index is 12.7. The molecule has 0 bridgehead atoms. The number of aliphatic hydroxyl groups excluding tert-OH is 6. The lowest BCUT2D eigenvalue weighted by Gasteiger charge is -2.45. The molecule has 0 spiro atoms. The third-order valence-corrected chi connectivity index (χ3v) is 6.93. The van der Waals surface area contributed by atoms with Crippen molar-refractivity contribution in [1.29, 1.82) is 0 Å². The first-order valence-electron chi connectivity index (χ1n) is 12.5. The van der Waals surface area contributed by atoms with Crippen LogP contribution < -0.4 is 10.2 Å². The number of aromatic hydroxyl groups is 3. The van der Waals surface area contributed by atoms with Crippen molar-refractivity contribution in [2.75, 3.05) is 13.2 Å². The molecule has 16 heteroatoms. The van der Waals surface area contributed by atoms with Gasteiger partial charge in [0.2, 0.25) is 0 Å². The number of aliphatic hydroxyl groups is 7. The van der Waals surface area contributed by atoms with E-state index < -0.39 is 90.0 Å². The summed E-state index contributed by atoms with van der Waals surface area (Å²) in [4.78, 5) is 12.7. The van der Waals surface area contributed by atoms with E-state index in [0.717, 1.165) is 30.3 Å². The van der Waals surface area contributed by atoms with Crippen LogP contribution in [0.4, 0.5) is 0 Å². The summed E-state index contributed by atoms with van der Waals surface area (Å²) in [6, 6.07) is 6.62. The molecule has 42 heavy (non-hydrogen) atoms. The maximum Gasteiger partial charge on any atom is 0.355 e. The maximum atomic E-state index is 12.7. The van der Waals surface area contributed by atoms with Crippen molar-refractivity contribution in [3.8, 4) is 34.3 Å². The molecule has 0 aliphatic carbocycles. The molecule has 3 heterocycles. The Balaban J connectivity index is 1.40. The summed E-state index contributed by atoms with van der Waals surface area (Å²) in [5.41, 5.74) is -0.775. The molecule has 2 saturated heterocycles. The zero-order chi connectivity index (χ0) is 30.5. The second-order valence-corrected chi connectivity index (χ2v) is 9.89. The van der Waals surface area contributed by atoms with Crippen LogP contribution in [0.3, 0.4) is 0 Å². The number of fused-ring (bicyclic) bond motifs is 1. The molecule has 228 valence electrons. The second kappa shape index (κ2) is 11.3. The van der Waals surface area contributed by atoms with Crippen molar-refractivity contribution in [3.63, 3.8) is 0 Å². The third-order valence-electron chi connectivity index (χ3n) is 6.93. The van der Waals surface area contributed by atoms with Gasteiger partial charge in [0, 0.05) is 23.8 Å². The molecule has 3 aromatic rings. The minimum absolute atomic E-state index is 0.0764. The van der Waals surface area contributed by atoms with Gasteiger partial charge in [0.1, 0.15) is 64.9 Å². The first-order valence-corrected chi connectivity index (χ1v) is 12.5. The molecule has 16 nitrogen and oxygen atoms in total. The summed E-state index contributed by atoms with van der Waals surface area (Å²) in [7, 11) is 0. The van der Waals surface area contributed by atoms with Crippen LogP contribution in [0.5, 0.6) is 23.0 Å². The Morgan fingerprint density at radius 3 is 2.31 bits per heavy atom. The fourth-order valence-corrected chi connectivity index (χ4v) is 4.60. The van der Waals surface area contributed by atoms with Gasteiger partial charge in [0.05, 0.1) is 13.2 Å². The average molecular weight is 596 g/mol. The van der Waals surface area contributed by atoms with Crippen LogP contribution in [0.1, 0.15) is 0 Å². The lowest BCUT2D eigenvalue weighted by Crippen LogP contribution is -2.67. The fourth-order valence-electron chi connectivity index (χ4n) is 4.60. The summed E-state index contributed by atoms with van der Waals surface area (Å²) < 4.78 is 26.8. The molecule has 9 atom stereocenters. The smallest absolute Gasteiger partial charge is 0.355 e. The van der Waals surface area contributed by atoms with E-state index in [4.69, 9.17) is 23.4 Å². The number of hydrogen-bond acceptors (Lipinski definition) is 16. The van der Waals surface area contributed by atoms with Crippen molar-refractivity contribution < 1.29 is 74.4 Å². The Morgan fingerprint density at radius 2 is 1.60 bits per heavy atom. The van der Waals surface area contributed by atoms with Gasteiger partial charge in [0.15, 0.2) is 29.3 Å². The highest BCUT2D eigenvalue weighted by Crippen LogP contribution is 2.37. The van der Waals surface area contributed by atoms with Gasteiger partial charge in [-0.15, -0.1) is 0 Å². The van der Waals surface area contributed by atoms with E-state index >= 15 is 0 Å². The number of benzene rings is 2. The minimum Gasteiger partial charge on any atom is -0.507 e. The highest BCUT2D eigenvalue weighted by molar-refractivity contribution is 5.86. The summed E-state index contributed by atoms with van der Waals surface area (Å²) >= 11 is 0. The van der Waals surface area contributed by atoms with Crippen molar-refractivity contribution in [2.45, 2.75) is 55.0 Å². The third kappa shape index (κ3) is 5.48. The fraction of sp³-hybridized carbons (Fsp3) is 0.423. The van der Waals surface area contributed by atoms with Crippen LogP contribution in [0.25, 0.3) is 22.3 Å². The van der Waals surface area contributed by atoms with E-state index in [9.17, 15) is 55.9 Å². The highest BCUT2D eigenvalue weighted by Gasteiger charge is 2.55. The van der Waals surface area contributed by atoms with E-state index in [1.54, 1.807) is 0 Å². The van der Waals surface area contributed by atoms with Gasteiger partial charge in [-0.1, -0.05) is 0 Å². The molecule has 0 saturated carbocycles. The minimum atomic E-state index is -3.07. The summed E-state index contributed by atoms with van der Waals surface area (Å²) in [5, 5.41) is 101. The standard InChI is InChI=1S/C26H28O16/c27-11-2-1-9(3-12(11)28)16-6-14(30)19-13(29)4-10(5-17(19)40-16)41-26(37)24(36)22(34)21(33)18(42-26)8-39-25-23(35)20(32)15(31)7-38-25/h1-6,15,18,20-25,27-29,31-37H,7-8H2/t15-,18-,20+,21+,22-,23+,24-,25-,26-/m0/s1. The lowest BCUT2D eigenvalue weighted by atomic mass is 9.97. The van der Waals surface area contributed by atoms with E-state index in [-0.39, 0.29) is 28.9 Å². The SMILES string of the molecule is O=c1cc(-c2ccc(O)c(O)c2)oc2cc(O[C@]3(O)O[C@@H](CO[C@@H]4OC[C@H](O)[C@@H](O)[C@H]4O)[C@@H](O)[C@H](O)[C@@H]3O)cc(O)c12. The van der Waals surface area contributed by atoms with E-state index in [1.165, 1.54) is 6.07 Å². The molecule has 10 N–H and O–H groups in total. The summed E-state index contributed by atoms with van der Waals surface area (Å²) in [5.74, 6) is -5.14. The van der Waals surface area contributed by atoms with Gasteiger partial charge >= 0.3 is 5.97 Å². The Labute approximate surface area is 235 Å². The molecule has 2 aliphatic heterocycles. The van der Waals surface area contributed by atoms with Gasteiger partial charge < -0.3 is 74.4 Å². The van der Waals surface area contributed by atoms with Gasteiger partial charge in [0.25, 0.3) is 0 Å². The average Bonchev–Trinajstić information content (AvgIpc) is 2.94. The Bertz CT molecular complexity index is 1510. The molecule has 1 aromatic heterocycles. The predicted molar refractivity (Wildman–Crippen MR) is 135 cm³/mol. The predicted octanol–water partition coefficient (Wildman–Crippen LogP) is -2.46. The molecular weight excluding hydrogens is 568 g/mol.